The molecule has 1 atom stereocenters. The number of hydrogen-bond acceptors (Lipinski definition) is 1. The van der Waals surface area contributed by atoms with Crippen molar-refractivity contribution in [1.82, 2.24) is 0 Å². The Morgan fingerprint density at radius 1 is 0.950 bits per heavy atom. The standard InChI is InChI=1S/C19H22O/c1-16(20)15-19(2,18-11-7-4-8-12-18)14-13-17-9-5-3-6-10-17/h3-12H,13-15H2,1-2H3. The summed E-state index contributed by atoms with van der Waals surface area (Å²) in [5, 5.41) is 0. The smallest absolute Gasteiger partial charge is 0.130 e. The summed E-state index contributed by atoms with van der Waals surface area (Å²) < 4.78 is 0. The molecule has 0 saturated heterocycles. The van der Waals surface area contributed by atoms with Crippen LogP contribution in [0.2, 0.25) is 0 Å². The fourth-order valence-electron chi connectivity index (χ4n) is 2.79. The van der Waals surface area contributed by atoms with Crippen molar-refractivity contribution in [3.63, 3.8) is 0 Å². The van der Waals surface area contributed by atoms with Crippen LogP contribution >= 0.6 is 0 Å². The van der Waals surface area contributed by atoms with Gasteiger partial charge >= 0.3 is 0 Å². The van der Waals surface area contributed by atoms with Crippen LogP contribution in [0.3, 0.4) is 0 Å². The van der Waals surface area contributed by atoms with E-state index in [0.717, 1.165) is 12.8 Å². The van der Waals surface area contributed by atoms with E-state index in [-0.39, 0.29) is 11.2 Å². The van der Waals surface area contributed by atoms with Crippen molar-refractivity contribution in [3.8, 4) is 0 Å². The zero-order valence-corrected chi connectivity index (χ0v) is 12.3. The first-order valence-corrected chi connectivity index (χ1v) is 7.19. The highest BCUT2D eigenvalue weighted by atomic mass is 16.1. The Labute approximate surface area is 121 Å². The van der Waals surface area contributed by atoms with Crippen LogP contribution in [0.1, 0.15) is 37.8 Å². The summed E-state index contributed by atoms with van der Waals surface area (Å²) in [6, 6.07) is 20.9. The molecule has 0 aliphatic carbocycles. The molecule has 0 N–H and O–H groups in total. The molecular formula is C19H22O. The minimum absolute atomic E-state index is 0.0804. The lowest BCUT2D eigenvalue weighted by Gasteiger charge is -2.29. The van der Waals surface area contributed by atoms with Gasteiger partial charge in [-0.25, -0.2) is 0 Å². The SMILES string of the molecule is CC(=O)CC(C)(CCc1ccccc1)c1ccccc1. The van der Waals surface area contributed by atoms with Crippen LogP contribution in [0.25, 0.3) is 0 Å². The quantitative estimate of drug-likeness (QED) is 0.749. The normalized spacial score (nSPS) is 13.7. The molecular weight excluding hydrogens is 244 g/mol. The van der Waals surface area contributed by atoms with Crippen LogP contribution in [0.15, 0.2) is 60.7 Å². The number of carbonyl (C=O) groups is 1. The highest BCUT2D eigenvalue weighted by Crippen LogP contribution is 2.33. The van der Waals surface area contributed by atoms with Gasteiger partial charge in [0.05, 0.1) is 0 Å². The van der Waals surface area contributed by atoms with E-state index in [0.29, 0.717) is 6.42 Å². The van der Waals surface area contributed by atoms with E-state index < -0.39 is 0 Å². The number of benzene rings is 2. The van der Waals surface area contributed by atoms with E-state index in [4.69, 9.17) is 0 Å². The van der Waals surface area contributed by atoms with Crippen LogP contribution in [0, 0.1) is 0 Å². The van der Waals surface area contributed by atoms with Crippen molar-refractivity contribution in [1.29, 1.82) is 0 Å². The largest absolute Gasteiger partial charge is 0.300 e. The Morgan fingerprint density at radius 3 is 2.05 bits per heavy atom. The molecule has 0 spiro atoms. The van der Waals surface area contributed by atoms with E-state index in [1.807, 2.05) is 12.1 Å². The third kappa shape index (κ3) is 3.80. The second-order valence-electron chi connectivity index (χ2n) is 5.79. The third-order valence-electron chi connectivity index (χ3n) is 3.92. The summed E-state index contributed by atoms with van der Waals surface area (Å²) in [5.41, 5.74) is 2.51. The number of hydrogen-bond donors (Lipinski definition) is 0. The lowest BCUT2D eigenvalue weighted by molar-refractivity contribution is -0.118. The second-order valence-corrected chi connectivity index (χ2v) is 5.79. The molecule has 0 radical (unpaired) electrons. The third-order valence-corrected chi connectivity index (χ3v) is 3.92. The fourth-order valence-corrected chi connectivity index (χ4v) is 2.79. The van der Waals surface area contributed by atoms with Gasteiger partial charge in [0.2, 0.25) is 0 Å². The van der Waals surface area contributed by atoms with Gasteiger partial charge in [0.15, 0.2) is 0 Å². The number of Topliss-reactive ketones (excluding diaryl/α,β-unsaturated/α-hetero) is 1. The Kier molecular flexibility index (Phi) is 4.73. The zero-order chi connectivity index (χ0) is 14.4. The Morgan fingerprint density at radius 2 is 1.50 bits per heavy atom. The van der Waals surface area contributed by atoms with Crippen molar-refractivity contribution in [2.45, 2.75) is 38.5 Å². The molecule has 0 saturated carbocycles. The summed E-state index contributed by atoms with van der Waals surface area (Å²) in [4.78, 5) is 11.6. The number of rotatable bonds is 6. The number of aryl methyl sites for hydroxylation is 1. The minimum atomic E-state index is -0.0804. The average molecular weight is 266 g/mol. The second kappa shape index (κ2) is 6.51. The van der Waals surface area contributed by atoms with Crippen LogP contribution in [0.4, 0.5) is 0 Å². The van der Waals surface area contributed by atoms with E-state index in [9.17, 15) is 4.79 Å². The summed E-state index contributed by atoms with van der Waals surface area (Å²) in [7, 11) is 0. The number of ketones is 1. The Balaban J connectivity index is 2.17. The molecule has 1 nitrogen and oxygen atoms in total. The molecule has 0 fully saturated rings. The molecule has 1 heteroatoms. The van der Waals surface area contributed by atoms with Crippen LogP contribution in [0.5, 0.6) is 0 Å². The molecule has 2 aromatic carbocycles. The van der Waals surface area contributed by atoms with Crippen molar-refractivity contribution in [3.05, 3.63) is 71.8 Å². The minimum Gasteiger partial charge on any atom is -0.300 e. The summed E-state index contributed by atoms with van der Waals surface area (Å²) in [5.74, 6) is 0.254. The monoisotopic (exact) mass is 266 g/mol. The summed E-state index contributed by atoms with van der Waals surface area (Å²) in [6.45, 7) is 3.89. The van der Waals surface area contributed by atoms with Crippen molar-refractivity contribution >= 4 is 5.78 Å². The highest BCUT2D eigenvalue weighted by Gasteiger charge is 2.27. The molecule has 1 unspecified atom stereocenters. The van der Waals surface area contributed by atoms with E-state index >= 15 is 0 Å². The maximum Gasteiger partial charge on any atom is 0.130 e. The molecule has 0 heterocycles. The molecule has 0 aromatic heterocycles. The maximum atomic E-state index is 11.6. The Bertz CT molecular complexity index is 544. The molecule has 20 heavy (non-hydrogen) atoms. The molecule has 0 amide bonds. The van der Waals surface area contributed by atoms with Gasteiger partial charge in [-0.1, -0.05) is 67.6 Å². The predicted molar refractivity (Wildman–Crippen MR) is 83.9 cm³/mol. The van der Waals surface area contributed by atoms with E-state index in [1.165, 1.54) is 11.1 Å². The van der Waals surface area contributed by atoms with E-state index in [1.54, 1.807) is 6.92 Å². The fraction of sp³-hybridized carbons (Fsp3) is 0.316. The van der Waals surface area contributed by atoms with Gasteiger partial charge in [0, 0.05) is 6.42 Å². The molecule has 2 aromatic rings. The molecule has 0 aliphatic rings. The molecule has 0 bridgehead atoms. The van der Waals surface area contributed by atoms with Gasteiger partial charge in [-0.2, -0.15) is 0 Å². The topological polar surface area (TPSA) is 17.1 Å². The maximum absolute atomic E-state index is 11.6. The van der Waals surface area contributed by atoms with E-state index in [2.05, 4.69) is 55.5 Å². The first-order chi connectivity index (χ1) is 9.60. The summed E-state index contributed by atoms with van der Waals surface area (Å²) in [6.07, 6.45) is 2.59. The number of carbonyl (C=O) groups excluding carboxylic acids is 1. The molecule has 0 aliphatic heterocycles. The van der Waals surface area contributed by atoms with Crippen LogP contribution in [-0.4, -0.2) is 5.78 Å². The zero-order valence-electron chi connectivity index (χ0n) is 12.3. The van der Waals surface area contributed by atoms with Crippen molar-refractivity contribution in [2.24, 2.45) is 0 Å². The Hall–Kier alpha value is -1.89. The highest BCUT2D eigenvalue weighted by molar-refractivity contribution is 5.77. The summed E-state index contributed by atoms with van der Waals surface area (Å²) >= 11 is 0. The first-order valence-electron chi connectivity index (χ1n) is 7.19. The van der Waals surface area contributed by atoms with Gasteiger partial charge in [0.25, 0.3) is 0 Å². The predicted octanol–water partition coefficient (Wildman–Crippen LogP) is 4.56. The van der Waals surface area contributed by atoms with Crippen molar-refractivity contribution in [2.75, 3.05) is 0 Å². The lowest BCUT2D eigenvalue weighted by Crippen LogP contribution is -2.25. The van der Waals surface area contributed by atoms with Crippen LogP contribution in [-0.2, 0) is 16.6 Å². The van der Waals surface area contributed by atoms with Crippen molar-refractivity contribution < 1.29 is 4.79 Å². The van der Waals surface area contributed by atoms with Gasteiger partial charge in [-0.15, -0.1) is 0 Å². The first kappa shape index (κ1) is 14.5. The average Bonchev–Trinajstić information content (AvgIpc) is 2.47. The molecule has 2 rings (SSSR count). The lowest BCUT2D eigenvalue weighted by atomic mass is 9.74. The van der Waals surface area contributed by atoms with Gasteiger partial charge in [-0.3, -0.25) is 4.79 Å². The van der Waals surface area contributed by atoms with Gasteiger partial charge in [-0.05, 0) is 36.3 Å². The van der Waals surface area contributed by atoms with Crippen LogP contribution < -0.4 is 0 Å². The molecule has 104 valence electrons. The van der Waals surface area contributed by atoms with Gasteiger partial charge < -0.3 is 0 Å². The van der Waals surface area contributed by atoms with Gasteiger partial charge in [0.1, 0.15) is 5.78 Å².